The van der Waals surface area contributed by atoms with Gasteiger partial charge in [0.05, 0.1) is 15.7 Å². The summed E-state index contributed by atoms with van der Waals surface area (Å²) in [5.41, 5.74) is 4.18. The molecule has 0 aliphatic rings. The molecule has 142 valence electrons. The lowest BCUT2D eigenvalue weighted by Crippen LogP contribution is -1.92. The smallest absolute Gasteiger partial charge is 0.193 e. The molecule has 0 spiro atoms. The third kappa shape index (κ3) is 3.61. The number of halogens is 3. The minimum Gasteiger partial charge on any atom is -0.332 e. The summed E-state index contributed by atoms with van der Waals surface area (Å²) in [5, 5.41) is 11.0. The molecule has 4 rings (SSSR count). The van der Waals surface area contributed by atoms with Crippen LogP contribution in [0.1, 0.15) is 11.1 Å². The zero-order valence-electron chi connectivity index (χ0n) is 14.8. The Balaban J connectivity index is 1.82. The number of hydrogen-bond acceptors (Lipinski definition) is 5. The molecule has 2 aromatic carbocycles. The summed E-state index contributed by atoms with van der Waals surface area (Å²) in [6.07, 6.45) is 1.47. The number of nitrogens with one attached hydrogen (secondary N) is 2. The molecule has 9 heteroatoms. The van der Waals surface area contributed by atoms with E-state index in [1.165, 1.54) is 40.9 Å². The first-order chi connectivity index (χ1) is 13.4. The topological polar surface area (TPSA) is 66.5 Å². The second-order valence-corrected chi connectivity index (χ2v) is 8.00. The number of benzene rings is 2. The molecule has 2 aromatic heterocycles. The molecule has 0 fully saturated rings. The number of aromatic nitrogens is 4. The molecule has 5 nitrogen and oxygen atoms in total. The van der Waals surface area contributed by atoms with Crippen molar-refractivity contribution in [2.75, 3.05) is 5.32 Å². The molecule has 0 aliphatic heterocycles. The highest BCUT2D eigenvalue weighted by Crippen LogP contribution is 2.42. The standard InChI is InChI=1S/C19H14Cl2FN5S/c1-9-3-4-11(5-10(9)2)25-19-26-16(17(28-19)18-23-8-24-27-18)12-6-15(22)14(21)7-13(12)20/h3-8H,1-2H3,(H,25,26)(H,23,24,27). The van der Waals surface area contributed by atoms with Crippen LogP contribution in [0, 0.1) is 19.7 Å². The third-order valence-corrected chi connectivity index (χ3v) is 5.84. The summed E-state index contributed by atoms with van der Waals surface area (Å²) in [6, 6.07) is 8.69. The van der Waals surface area contributed by atoms with Gasteiger partial charge in [0.1, 0.15) is 17.0 Å². The summed E-state index contributed by atoms with van der Waals surface area (Å²) >= 11 is 13.5. The monoisotopic (exact) mass is 433 g/mol. The second-order valence-electron chi connectivity index (χ2n) is 6.19. The molecule has 0 saturated carbocycles. The fourth-order valence-electron chi connectivity index (χ4n) is 2.67. The Morgan fingerprint density at radius 3 is 2.61 bits per heavy atom. The van der Waals surface area contributed by atoms with Gasteiger partial charge in [0.2, 0.25) is 0 Å². The average Bonchev–Trinajstić information content (AvgIpc) is 3.31. The zero-order valence-corrected chi connectivity index (χ0v) is 17.2. The van der Waals surface area contributed by atoms with Crippen molar-refractivity contribution in [2.24, 2.45) is 0 Å². The van der Waals surface area contributed by atoms with Crippen LogP contribution in [0.15, 0.2) is 36.7 Å². The highest BCUT2D eigenvalue weighted by Gasteiger charge is 2.21. The maximum atomic E-state index is 14.1. The largest absolute Gasteiger partial charge is 0.332 e. The first kappa shape index (κ1) is 18.9. The Labute approximate surface area is 174 Å². The molecular formula is C19H14Cl2FN5S. The van der Waals surface area contributed by atoms with E-state index in [1.54, 1.807) is 0 Å². The van der Waals surface area contributed by atoms with E-state index in [9.17, 15) is 4.39 Å². The van der Waals surface area contributed by atoms with Gasteiger partial charge in [-0.3, -0.25) is 5.10 Å². The number of aryl methyl sites for hydroxylation is 2. The van der Waals surface area contributed by atoms with E-state index < -0.39 is 5.82 Å². The molecule has 2 heterocycles. The zero-order chi connectivity index (χ0) is 19.8. The molecule has 0 unspecified atom stereocenters. The van der Waals surface area contributed by atoms with E-state index in [-0.39, 0.29) is 5.02 Å². The van der Waals surface area contributed by atoms with Crippen molar-refractivity contribution < 1.29 is 4.39 Å². The Hall–Kier alpha value is -2.48. The number of nitrogens with zero attached hydrogens (tertiary/aromatic N) is 3. The number of thiazole rings is 1. The van der Waals surface area contributed by atoms with Crippen molar-refractivity contribution in [3.63, 3.8) is 0 Å². The SMILES string of the molecule is Cc1ccc(Nc2nc(-c3cc(F)c(Cl)cc3Cl)c(-c3nc[nH]n3)s2)cc1C. The molecular weight excluding hydrogens is 420 g/mol. The quantitative estimate of drug-likeness (QED) is 0.365. The Morgan fingerprint density at radius 2 is 1.89 bits per heavy atom. The fourth-order valence-corrected chi connectivity index (χ4v) is 4.09. The molecule has 28 heavy (non-hydrogen) atoms. The van der Waals surface area contributed by atoms with Gasteiger partial charge in [-0.05, 0) is 49.2 Å². The van der Waals surface area contributed by atoms with E-state index in [1.807, 2.05) is 25.1 Å². The van der Waals surface area contributed by atoms with E-state index in [0.29, 0.717) is 32.1 Å². The number of hydrogen-bond donors (Lipinski definition) is 2. The lowest BCUT2D eigenvalue weighted by Gasteiger charge is -2.06. The lowest BCUT2D eigenvalue weighted by molar-refractivity contribution is 0.629. The van der Waals surface area contributed by atoms with Crippen LogP contribution in [0.4, 0.5) is 15.2 Å². The van der Waals surface area contributed by atoms with Crippen molar-refractivity contribution in [3.05, 3.63) is 63.6 Å². The van der Waals surface area contributed by atoms with Gasteiger partial charge in [-0.1, -0.05) is 40.6 Å². The minimum absolute atomic E-state index is 0.0445. The minimum atomic E-state index is -0.571. The highest BCUT2D eigenvalue weighted by atomic mass is 35.5. The van der Waals surface area contributed by atoms with Gasteiger partial charge >= 0.3 is 0 Å². The van der Waals surface area contributed by atoms with E-state index in [0.717, 1.165) is 5.69 Å². The van der Waals surface area contributed by atoms with Gasteiger partial charge in [-0.2, -0.15) is 5.10 Å². The van der Waals surface area contributed by atoms with E-state index >= 15 is 0 Å². The molecule has 2 N–H and O–H groups in total. The molecule has 0 saturated heterocycles. The van der Waals surface area contributed by atoms with Gasteiger partial charge in [-0.25, -0.2) is 14.4 Å². The molecule has 0 amide bonds. The summed E-state index contributed by atoms with van der Waals surface area (Å²) < 4.78 is 14.1. The molecule has 0 atom stereocenters. The predicted molar refractivity (Wildman–Crippen MR) is 112 cm³/mol. The van der Waals surface area contributed by atoms with Gasteiger partial charge < -0.3 is 5.32 Å². The van der Waals surface area contributed by atoms with Crippen LogP contribution >= 0.6 is 34.5 Å². The van der Waals surface area contributed by atoms with Crippen LogP contribution in [0.2, 0.25) is 10.0 Å². The van der Waals surface area contributed by atoms with Gasteiger partial charge in [0.25, 0.3) is 0 Å². The van der Waals surface area contributed by atoms with Crippen LogP contribution in [0.5, 0.6) is 0 Å². The summed E-state index contributed by atoms with van der Waals surface area (Å²) in [4.78, 5) is 9.50. The Kier molecular flexibility index (Phi) is 5.05. The van der Waals surface area contributed by atoms with E-state index in [2.05, 4.69) is 32.4 Å². The van der Waals surface area contributed by atoms with Crippen molar-refractivity contribution in [2.45, 2.75) is 13.8 Å². The third-order valence-electron chi connectivity index (χ3n) is 4.27. The normalized spacial score (nSPS) is 11.0. The number of anilines is 2. The van der Waals surface area contributed by atoms with Crippen molar-refractivity contribution in [1.29, 1.82) is 0 Å². The van der Waals surface area contributed by atoms with Crippen molar-refractivity contribution in [3.8, 4) is 22.0 Å². The Morgan fingerprint density at radius 1 is 1.07 bits per heavy atom. The number of H-pyrrole nitrogens is 1. The van der Waals surface area contributed by atoms with Crippen molar-refractivity contribution in [1.82, 2.24) is 20.2 Å². The number of rotatable bonds is 4. The van der Waals surface area contributed by atoms with Gasteiger partial charge in [-0.15, -0.1) is 0 Å². The summed E-state index contributed by atoms with van der Waals surface area (Å²) in [6.45, 7) is 4.10. The molecule has 0 aliphatic carbocycles. The second kappa shape index (κ2) is 7.50. The summed E-state index contributed by atoms with van der Waals surface area (Å²) in [5.74, 6) is -0.120. The van der Waals surface area contributed by atoms with Crippen LogP contribution in [0.3, 0.4) is 0 Å². The van der Waals surface area contributed by atoms with Crippen LogP contribution in [0.25, 0.3) is 22.0 Å². The highest BCUT2D eigenvalue weighted by molar-refractivity contribution is 7.19. The molecule has 0 bridgehead atoms. The maximum absolute atomic E-state index is 14.1. The Bertz CT molecular complexity index is 1160. The van der Waals surface area contributed by atoms with Gasteiger partial charge in [0, 0.05) is 11.3 Å². The molecule has 0 radical (unpaired) electrons. The van der Waals surface area contributed by atoms with Crippen LogP contribution in [-0.4, -0.2) is 20.2 Å². The average molecular weight is 434 g/mol. The summed E-state index contributed by atoms with van der Waals surface area (Å²) in [7, 11) is 0. The maximum Gasteiger partial charge on any atom is 0.193 e. The molecule has 4 aromatic rings. The van der Waals surface area contributed by atoms with Crippen LogP contribution < -0.4 is 5.32 Å². The first-order valence-corrected chi connectivity index (χ1v) is 9.86. The van der Waals surface area contributed by atoms with Crippen LogP contribution in [-0.2, 0) is 0 Å². The van der Waals surface area contributed by atoms with E-state index in [4.69, 9.17) is 23.2 Å². The lowest BCUT2D eigenvalue weighted by atomic mass is 10.1. The predicted octanol–water partition coefficient (Wildman–Crippen LogP) is 6.40. The van der Waals surface area contributed by atoms with Crippen molar-refractivity contribution >= 4 is 45.4 Å². The fraction of sp³-hybridized carbons (Fsp3) is 0.105. The van der Waals surface area contributed by atoms with Gasteiger partial charge in [0.15, 0.2) is 11.0 Å². The number of aromatic amines is 1. The first-order valence-electron chi connectivity index (χ1n) is 8.28.